The third-order valence-electron chi connectivity index (χ3n) is 6.19. The minimum Gasteiger partial charge on any atom is -0.493 e. The maximum absolute atomic E-state index is 6.30. The molecule has 0 spiro atoms. The van der Waals surface area contributed by atoms with E-state index in [1.807, 2.05) is 14.1 Å². The summed E-state index contributed by atoms with van der Waals surface area (Å²) in [5.74, 6) is 1.09. The van der Waals surface area contributed by atoms with E-state index < -0.39 is 0 Å². The SMILES string of the molecule is CCCCCCCCCCCCCCCCOc1c(CNC)cc(CC)cc1CNC. The minimum absolute atomic E-state index is 0.830. The van der Waals surface area contributed by atoms with Gasteiger partial charge in [-0.15, -0.1) is 0 Å². The fraction of sp³-hybridized carbons (Fsp3) is 0.786. The zero-order valence-corrected chi connectivity index (χ0v) is 21.3. The molecule has 0 bridgehead atoms. The van der Waals surface area contributed by atoms with Crippen molar-refractivity contribution in [1.29, 1.82) is 0 Å². The van der Waals surface area contributed by atoms with Gasteiger partial charge in [-0.1, -0.05) is 109 Å². The number of nitrogens with one attached hydrogen (secondary N) is 2. The Hall–Kier alpha value is -1.06. The third-order valence-corrected chi connectivity index (χ3v) is 6.19. The lowest BCUT2D eigenvalue weighted by Crippen LogP contribution is -2.13. The molecule has 31 heavy (non-hydrogen) atoms. The second kappa shape index (κ2) is 19.6. The Morgan fingerprint density at radius 1 is 0.613 bits per heavy atom. The third kappa shape index (κ3) is 13.2. The van der Waals surface area contributed by atoms with Gasteiger partial charge in [-0.3, -0.25) is 0 Å². The smallest absolute Gasteiger partial charge is 0.128 e. The van der Waals surface area contributed by atoms with Gasteiger partial charge >= 0.3 is 0 Å². The molecule has 180 valence electrons. The number of rotatable bonds is 21. The van der Waals surface area contributed by atoms with E-state index in [1.165, 1.54) is 100 Å². The van der Waals surface area contributed by atoms with Crippen molar-refractivity contribution in [3.8, 4) is 5.75 Å². The molecule has 1 aromatic rings. The molecule has 1 aromatic carbocycles. The highest BCUT2D eigenvalue weighted by molar-refractivity contribution is 5.45. The average molecular weight is 433 g/mol. The molecule has 0 radical (unpaired) electrons. The highest BCUT2D eigenvalue weighted by Crippen LogP contribution is 2.27. The van der Waals surface area contributed by atoms with Crippen LogP contribution in [0.15, 0.2) is 12.1 Å². The zero-order valence-electron chi connectivity index (χ0n) is 21.3. The normalized spacial score (nSPS) is 11.2. The molecule has 0 saturated carbocycles. The molecule has 1 rings (SSSR count). The van der Waals surface area contributed by atoms with Crippen LogP contribution in [-0.4, -0.2) is 20.7 Å². The van der Waals surface area contributed by atoms with Crippen molar-refractivity contribution in [3.05, 3.63) is 28.8 Å². The molecule has 0 amide bonds. The van der Waals surface area contributed by atoms with Gasteiger partial charge in [0.15, 0.2) is 0 Å². The Balaban J connectivity index is 2.16. The monoisotopic (exact) mass is 432 g/mol. The predicted octanol–water partition coefficient (Wildman–Crippen LogP) is 7.55. The quantitative estimate of drug-likeness (QED) is 0.197. The molecule has 3 heteroatoms. The molecule has 0 unspecified atom stereocenters. The van der Waals surface area contributed by atoms with Gasteiger partial charge in [0.25, 0.3) is 0 Å². The lowest BCUT2D eigenvalue weighted by Gasteiger charge is -2.18. The molecule has 0 aliphatic carbocycles. The van der Waals surface area contributed by atoms with Crippen LogP contribution < -0.4 is 15.4 Å². The summed E-state index contributed by atoms with van der Waals surface area (Å²) in [5, 5.41) is 6.60. The fourth-order valence-corrected chi connectivity index (χ4v) is 4.33. The van der Waals surface area contributed by atoms with Crippen molar-refractivity contribution < 1.29 is 4.74 Å². The topological polar surface area (TPSA) is 33.3 Å². The average Bonchev–Trinajstić information content (AvgIpc) is 2.78. The van der Waals surface area contributed by atoms with Crippen molar-refractivity contribution in [3.63, 3.8) is 0 Å². The molecular weight excluding hydrogens is 380 g/mol. The number of hydrogen-bond donors (Lipinski definition) is 2. The van der Waals surface area contributed by atoms with E-state index in [0.717, 1.165) is 38.3 Å². The van der Waals surface area contributed by atoms with E-state index in [-0.39, 0.29) is 0 Å². The van der Waals surface area contributed by atoms with Gasteiger partial charge in [-0.2, -0.15) is 0 Å². The molecule has 0 fully saturated rings. The fourth-order valence-electron chi connectivity index (χ4n) is 4.33. The van der Waals surface area contributed by atoms with Crippen LogP contribution in [0.5, 0.6) is 5.75 Å². The van der Waals surface area contributed by atoms with Crippen molar-refractivity contribution in [2.75, 3.05) is 20.7 Å². The van der Waals surface area contributed by atoms with E-state index >= 15 is 0 Å². The summed E-state index contributed by atoms with van der Waals surface area (Å²) in [5.41, 5.74) is 3.97. The van der Waals surface area contributed by atoms with E-state index in [2.05, 4.69) is 36.6 Å². The summed E-state index contributed by atoms with van der Waals surface area (Å²) in [6.45, 7) is 7.06. The second-order valence-electron chi connectivity index (χ2n) is 9.10. The second-order valence-corrected chi connectivity index (χ2v) is 9.10. The molecule has 0 aromatic heterocycles. The van der Waals surface area contributed by atoms with Crippen LogP contribution in [0.3, 0.4) is 0 Å². The molecule has 0 aliphatic heterocycles. The van der Waals surface area contributed by atoms with E-state index in [9.17, 15) is 0 Å². The summed E-state index contributed by atoms with van der Waals surface area (Å²) in [7, 11) is 4.02. The van der Waals surface area contributed by atoms with Gasteiger partial charge < -0.3 is 15.4 Å². The summed E-state index contributed by atoms with van der Waals surface area (Å²) in [4.78, 5) is 0. The first kappa shape index (κ1) is 28.0. The largest absolute Gasteiger partial charge is 0.493 e. The first-order valence-corrected chi connectivity index (χ1v) is 13.3. The van der Waals surface area contributed by atoms with Crippen LogP contribution in [0.4, 0.5) is 0 Å². The molecule has 0 atom stereocenters. The van der Waals surface area contributed by atoms with Crippen LogP contribution in [0.2, 0.25) is 0 Å². The van der Waals surface area contributed by atoms with Crippen LogP contribution in [0.25, 0.3) is 0 Å². The maximum Gasteiger partial charge on any atom is 0.128 e. The van der Waals surface area contributed by atoms with Crippen LogP contribution in [-0.2, 0) is 19.5 Å². The van der Waals surface area contributed by atoms with Crippen molar-refractivity contribution >= 4 is 0 Å². The number of unbranched alkanes of at least 4 members (excludes halogenated alkanes) is 13. The molecule has 3 nitrogen and oxygen atoms in total. The number of aryl methyl sites for hydroxylation is 1. The Kier molecular flexibility index (Phi) is 17.7. The summed E-state index contributed by atoms with van der Waals surface area (Å²) >= 11 is 0. The van der Waals surface area contributed by atoms with Crippen LogP contribution in [0.1, 0.15) is 120 Å². The molecule has 0 aliphatic rings. The molecular formula is C28H52N2O. The van der Waals surface area contributed by atoms with Crippen LogP contribution >= 0.6 is 0 Å². The number of benzene rings is 1. The zero-order chi connectivity index (χ0) is 22.6. The first-order valence-electron chi connectivity index (χ1n) is 13.3. The van der Waals surface area contributed by atoms with Gasteiger partial charge in [0.2, 0.25) is 0 Å². The highest BCUT2D eigenvalue weighted by atomic mass is 16.5. The first-order chi connectivity index (χ1) is 15.3. The lowest BCUT2D eigenvalue weighted by atomic mass is 10.0. The summed E-state index contributed by atoms with van der Waals surface area (Å²) < 4.78 is 6.30. The van der Waals surface area contributed by atoms with Gasteiger partial charge in [0.05, 0.1) is 6.61 Å². The van der Waals surface area contributed by atoms with Gasteiger partial charge in [-0.25, -0.2) is 0 Å². The maximum atomic E-state index is 6.30. The molecule has 2 N–H and O–H groups in total. The lowest BCUT2D eigenvalue weighted by molar-refractivity contribution is 0.297. The van der Waals surface area contributed by atoms with E-state index in [0.29, 0.717) is 0 Å². The van der Waals surface area contributed by atoms with E-state index in [1.54, 1.807) is 0 Å². The van der Waals surface area contributed by atoms with Crippen molar-refractivity contribution in [2.45, 2.75) is 123 Å². The van der Waals surface area contributed by atoms with Crippen molar-refractivity contribution in [2.24, 2.45) is 0 Å². The Labute approximate surface area is 194 Å². The number of ether oxygens (including phenoxy) is 1. The van der Waals surface area contributed by atoms with Gasteiger partial charge in [0.1, 0.15) is 5.75 Å². The summed E-state index contributed by atoms with van der Waals surface area (Å²) in [6.07, 6.45) is 20.5. The summed E-state index contributed by atoms with van der Waals surface area (Å²) in [6, 6.07) is 4.60. The molecule has 0 heterocycles. The van der Waals surface area contributed by atoms with E-state index in [4.69, 9.17) is 4.74 Å². The highest BCUT2D eigenvalue weighted by Gasteiger charge is 2.11. The van der Waals surface area contributed by atoms with Crippen molar-refractivity contribution in [1.82, 2.24) is 10.6 Å². The minimum atomic E-state index is 0.830. The van der Waals surface area contributed by atoms with Crippen LogP contribution in [0, 0.1) is 0 Å². The standard InChI is InChI=1S/C28H52N2O/c1-5-7-8-9-10-11-12-13-14-15-16-17-18-19-20-31-28-26(23-29-3)21-25(6-2)22-27(28)24-30-4/h21-22,29-30H,5-20,23-24H2,1-4H3. The molecule has 0 saturated heterocycles. The van der Waals surface area contributed by atoms with Gasteiger partial charge in [-0.05, 0) is 32.5 Å². The Morgan fingerprint density at radius 3 is 1.42 bits per heavy atom. The Bertz CT molecular complexity index is 517. The van der Waals surface area contributed by atoms with Gasteiger partial charge in [0, 0.05) is 24.2 Å². The number of hydrogen-bond acceptors (Lipinski definition) is 3. The Morgan fingerprint density at radius 2 is 1.03 bits per heavy atom. The predicted molar refractivity (Wildman–Crippen MR) is 137 cm³/mol.